The van der Waals surface area contributed by atoms with E-state index in [0.717, 1.165) is 17.7 Å². The van der Waals surface area contributed by atoms with Crippen LogP contribution in [0.4, 0.5) is 14.5 Å². The number of rotatable bonds is 6. The van der Waals surface area contributed by atoms with E-state index in [0.29, 0.717) is 12.1 Å². The molecule has 0 spiro atoms. The molecule has 0 bridgehead atoms. The number of hydrogen-bond acceptors (Lipinski definition) is 4. The van der Waals surface area contributed by atoms with E-state index < -0.39 is 20.5 Å². The molecule has 1 aromatic heterocycles. The molecule has 0 aliphatic carbocycles. The SMILES string of the molecule is O=C(CCc1ccsc1)Nc1ccc(S(=O)(=O)C(F)F)cc1. The predicted molar refractivity (Wildman–Crippen MR) is 80.9 cm³/mol. The predicted octanol–water partition coefficient (Wildman–Crippen LogP) is 3.32. The largest absolute Gasteiger partial charge is 0.341 e. The first kappa shape index (κ1) is 16.6. The average molecular weight is 345 g/mol. The Labute approximate surface area is 130 Å². The van der Waals surface area contributed by atoms with Crippen molar-refractivity contribution in [3.63, 3.8) is 0 Å². The van der Waals surface area contributed by atoms with E-state index in [4.69, 9.17) is 0 Å². The molecule has 0 radical (unpaired) electrons. The van der Waals surface area contributed by atoms with Gasteiger partial charge in [-0.15, -0.1) is 0 Å². The molecule has 2 rings (SSSR count). The number of sulfone groups is 1. The van der Waals surface area contributed by atoms with Crippen LogP contribution in [0.5, 0.6) is 0 Å². The molecular formula is C14H13F2NO3S2. The minimum Gasteiger partial charge on any atom is -0.326 e. The van der Waals surface area contributed by atoms with E-state index in [9.17, 15) is 22.0 Å². The second-order valence-corrected chi connectivity index (χ2v) is 7.21. The maximum atomic E-state index is 12.4. The minimum atomic E-state index is -4.61. The number of carbonyl (C=O) groups excluding carboxylic acids is 1. The van der Waals surface area contributed by atoms with Gasteiger partial charge in [-0.05, 0) is 53.1 Å². The van der Waals surface area contributed by atoms with Crippen LogP contribution in [0.25, 0.3) is 0 Å². The van der Waals surface area contributed by atoms with E-state index in [2.05, 4.69) is 5.32 Å². The second-order valence-electron chi connectivity index (χ2n) is 4.51. The fourth-order valence-electron chi connectivity index (χ4n) is 1.75. The Morgan fingerprint density at radius 3 is 2.41 bits per heavy atom. The molecule has 0 atom stereocenters. The van der Waals surface area contributed by atoms with Gasteiger partial charge >= 0.3 is 5.76 Å². The highest BCUT2D eigenvalue weighted by molar-refractivity contribution is 7.91. The lowest BCUT2D eigenvalue weighted by Gasteiger charge is -2.07. The first-order chi connectivity index (χ1) is 10.4. The van der Waals surface area contributed by atoms with Crippen LogP contribution in [0.1, 0.15) is 12.0 Å². The maximum Gasteiger partial charge on any atom is 0.341 e. The highest BCUT2D eigenvalue weighted by Gasteiger charge is 2.26. The van der Waals surface area contributed by atoms with Crippen LogP contribution in [0.3, 0.4) is 0 Å². The van der Waals surface area contributed by atoms with Gasteiger partial charge in [0, 0.05) is 12.1 Å². The number of carbonyl (C=O) groups is 1. The summed E-state index contributed by atoms with van der Waals surface area (Å²) < 4.78 is 47.3. The standard InChI is InChI=1S/C14H13F2NO3S2/c15-14(16)22(19,20)12-4-2-11(3-5-12)17-13(18)6-1-10-7-8-21-9-10/h2-5,7-9,14H,1,6H2,(H,17,18). The quantitative estimate of drug-likeness (QED) is 0.873. The number of anilines is 1. The van der Waals surface area contributed by atoms with Crippen molar-refractivity contribution in [2.75, 3.05) is 5.32 Å². The molecule has 2 aromatic rings. The number of nitrogens with one attached hydrogen (secondary N) is 1. The number of alkyl halides is 2. The number of aryl methyl sites for hydroxylation is 1. The highest BCUT2D eigenvalue weighted by atomic mass is 32.2. The van der Waals surface area contributed by atoms with Crippen molar-refractivity contribution in [3.8, 4) is 0 Å². The van der Waals surface area contributed by atoms with Gasteiger partial charge in [-0.2, -0.15) is 20.1 Å². The van der Waals surface area contributed by atoms with Gasteiger partial charge in [-0.1, -0.05) is 0 Å². The summed E-state index contributed by atoms with van der Waals surface area (Å²) in [6.45, 7) is 0. The van der Waals surface area contributed by atoms with Crippen molar-refractivity contribution in [2.45, 2.75) is 23.5 Å². The third-order valence-electron chi connectivity index (χ3n) is 2.92. The van der Waals surface area contributed by atoms with Crippen molar-refractivity contribution in [1.82, 2.24) is 0 Å². The molecule has 0 saturated heterocycles. The summed E-state index contributed by atoms with van der Waals surface area (Å²) in [5.41, 5.74) is 1.43. The molecule has 0 saturated carbocycles. The molecule has 1 heterocycles. The van der Waals surface area contributed by atoms with Gasteiger partial charge in [0.25, 0.3) is 0 Å². The molecule has 0 unspecified atom stereocenters. The lowest BCUT2D eigenvalue weighted by molar-refractivity contribution is -0.116. The lowest BCUT2D eigenvalue weighted by atomic mass is 10.2. The van der Waals surface area contributed by atoms with Crippen molar-refractivity contribution in [2.24, 2.45) is 0 Å². The highest BCUT2D eigenvalue weighted by Crippen LogP contribution is 2.20. The van der Waals surface area contributed by atoms with Gasteiger partial charge in [0.05, 0.1) is 4.90 Å². The number of thiophene rings is 1. The molecule has 1 amide bonds. The number of amides is 1. The topological polar surface area (TPSA) is 63.2 Å². The Morgan fingerprint density at radius 1 is 1.18 bits per heavy atom. The van der Waals surface area contributed by atoms with Crippen LogP contribution >= 0.6 is 11.3 Å². The summed E-state index contributed by atoms with van der Waals surface area (Å²) in [6, 6.07) is 6.61. The fraction of sp³-hybridized carbons (Fsp3) is 0.214. The van der Waals surface area contributed by atoms with E-state index in [1.807, 2.05) is 16.8 Å². The summed E-state index contributed by atoms with van der Waals surface area (Å²) >= 11 is 1.55. The number of halogens is 2. The monoisotopic (exact) mass is 345 g/mol. The molecule has 1 N–H and O–H groups in total. The van der Waals surface area contributed by atoms with E-state index >= 15 is 0 Å². The van der Waals surface area contributed by atoms with Gasteiger partial charge in [0.15, 0.2) is 0 Å². The Kier molecular flexibility index (Phi) is 5.25. The van der Waals surface area contributed by atoms with Crippen molar-refractivity contribution >= 4 is 32.8 Å². The summed E-state index contributed by atoms with van der Waals surface area (Å²) in [6.07, 6.45) is 0.890. The fourth-order valence-corrected chi connectivity index (χ4v) is 3.17. The zero-order chi connectivity index (χ0) is 16.2. The smallest absolute Gasteiger partial charge is 0.326 e. The van der Waals surface area contributed by atoms with Gasteiger partial charge in [0.2, 0.25) is 15.7 Å². The van der Waals surface area contributed by atoms with Gasteiger partial charge in [-0.3, -0.25) is 4.79 Å². The van der Waals surface area contributed by atoms with Crippen molar-refractivity contribution in [1.29, 1.82) is 0 Å². The van der Waals surface area contributed by atoms with Gasteiger partial charge in [-0.25, -0.2) is 8.42 Å². The van der Waals surface area contributed by atoms with E-state index in [1.54, 1.807) is 11.3 Å². The van der Waals surface area contributed by atoms with Crippen molar-refractivity contribution < 1.29 is 22.0 Å². The summed E-state index contributed by atoms with van der Waals surface area (Å²) in [5, 5.41) is 6.48. The maximum absolute atomic E-state index is 12.4. The average Bonchev–Trinajstić information content (AvgIpc) is 2.99. The van der Waals surface area contributed by atoms with Crippen molar-refractivity contribution in [3.05, 3.63) is 46.7 Å². The second kappa shape index (κ2) is 6.97. The lowest BCUT2D eigenvalue weighted by Crippen LogP contribution is -2.13. The zero-order valence-electron chi connectivity index (χ0n) is 11.3. The van der Waals surface area contributed by atoms with Crippen LogP contribution in [0, 0.1) is 0 Å². The van der Waals surface area contributed by atoms with Crippen LogP contribution in [-0.2, 0) is 21.1 Å². The first-order valence-electron chi connectivity index (χ1n) is 6.32. The summed E-state index contributed by atoms with van der Waals surface area (Å²) in [5.74, 6) is -3.69. The molecule has 1 aromatic carbocycles. The summed E-state index contributed by atoms with van der Waals surface area (Å²) in [4.78, 5) is 11.3. The molecule has 22 heavy (non-hydrogen) atoms. The van der Waals surface area contributed by atoms with Gasteiger partial charge < -0.3 is 5.32 Å². The normalized spacial score (nSPS) is 11.6. The Hall–Kier alpha value is -1.80. The van der Waals surface area contributed by atoms with E-state index in [1.165, 1.54) is 12.1 Å². The molecule has 4 nitrogen and oxygen atoms in total. The Bertz CT molecular complexity index is 726. The summed E-state index contributed by atoms with van der Waals surface area (Å²) in [7, 11) is -4.61. The molecule has 0 fully saturated rings. The Morgan fingerprint density at radius 2 is 1.86 bits per heavy atom. The first-order valence-corrected chi connectivity index (χ1v) is 8.81. The molecule has 118 valence electrons. The zero-order valence-corrected chi connectivity index (χ0v) is 13.0. The number of hydrogen-bond donors (Lipinski definition) is 1. The van der Waals surface area contributed by atoms with Crippen LogP contribution < -0.4 is 5.32 Å². The van der Waals surface area contributed by atoms with E-state index in [-0.39, 0.29) is 12.3 Å². The van der Waals surface area contributed by atoms with Gasteiger partial charge in [0.1, 0.15) is 0 Å². The van der Waals surface area contributed by atoms with Crippen LogP contribution in [0.15, 0.2) is 46.0 Å². The molecular weight excluding hydrogens is 332 g/mol. The third kappa shape index (κ3) is 4.11. The number of benzene rings is 1. The Balaban J connectivity index is 1.95. The van der Waals surface area contributed by atoms with Crippen LogP contribution in [0.2, 0.25) is 0 Å². The molecule has 8 heteroatoms. The molecule has 0 aliphatic heterocycles. The molecule has 0 aliphatic rings. The minimum absolute atomic E-state index is 0.226. The van der Waals surface area contributed by atoms with Crippen LogP contribution in [-0.4, -0.2) is 20.1 Å². The third-order valence-corrected chi connectivity index (χ3v) is 5.05.